The third kappa shape index (κ3) is 1.84. The van der Waals surface area contributed by atoms with E-state index in [0.717, 1.165) is 31.3 Å². The molecule has 0 amide bonds. The Morgan fingerprint density at radius 1 is 1.20 bits per heavy atom. The highest BCUT2D eigenvalue weighted by atomic mass is 16.7. The molecule has 1 heterocycles. The Morgan fingerprint density at radius 3 is 2.13 bits per heavy atom. The van der Waals surface area contributed by atoms with Crippen LogP contribution in [0.3, 0.4) is 0 Å². The van der Waals surface area contributed by atoms with Gasteiger partial charge in [-0.3, -0.25) is 0 Å². The quantitative estimate of drug-likeness (QED) is 0.710. The van der Waals surface area contributed by atoms with Gasteiger partial charge in [0.05, 0.1) is 19.8 Å². The lowest BCUT2D eigenvalue weighted by Crippen LogP contribution is -2.42. The van der Waals surface area contributed by atoms with Crippen molar-refractivity contribution in [1.29, 1.82) is 0 Å². The lowest BCUT2D eigenvalue weighted by molar-refractivity contribution is -0.191. The van der Waals surface area contributed by atoms with E-state index in [-0.39, 0.29) is 17.8 Å². The highest BCUT2D eigenvalue weighted by molar-refractivity contribution is 5.10. The highest BCUT2D eigenvalue weighted by Crippen LogP contribution is 2.47. The maximum Gasteiger partial charge on any atom is 0.168 e. The summed E-state index contributed by atoms with van der Waals surface area (Å²) in [6.07, 6.45) is 3.58. The summed E-state index contributed by atoms with van der Waals surface area (Å²) in [5, 5.41) is 9.50. The SMILES string of the molecule is C=C(C)C1(CO)CCC2(CC1)OCCO2. The van der Waals surface area contributed by atoms with Crippen molar-refractivity contribution in [2.75, 3.05) is 19.8 Å². The van der Waals surface area contributed by atoms with E-state index in [4.69, 9.17) is 9.47 Å². The molecule has 15 heavy (non-hydrogen) atoms. The Bertz CT molecular complexity index is 244. The van der Waals surface area contributed by atoms with Gasteiger partial charge < -0.3 is 14.6 Å². The van der Waals surface area contributed by atoms with Crippen molar-refractivity contribution in [3.05, 3.63) is 12.2 Å². The maximum atomic E-state index is 9.50. The van der Waals surface area contributed by atoms with E-state index in [1.165, 1.54) is 0 Å². The molecule has 2 fully saturated rings. The normalized spacial score (nSPS) is 28.1. The molecule has 1 aliphatic carbocycles. The summed E-state index contributed by atoms with van der Waals surface area (Å²) in [5.74, 6) is -0.339. The van der Waals surface area contributed by atoms with Crippen molar-refractivity contribution in [2.45, 2.75) is 38.4 Å². The van der Waals surface area contributed by atoms with E-state index >= 15 is 0 Å². The van der Waals surface area contributed by atoms with E-state index in [2.05, 4.69) is 6.58 Å². The molecule has 0 radical (unpaired) electrons. The lowest BCUT2D eigenvalue weighted by Gasteiger charge is -2.43. The minimum absolute atomic E-state index is 0.0967. The second-order valence-electron chi connectivity index (χ2n) is 4.83. The zero-order valence-electron chi connectivity index (χ0n) is 9.42. The van der Waals surface area contributed by atoms with Crippen LogP contribution in [0.5, 0.6) is 0 Å². The monoisotopic (exact) mass is 212 g/mol. The minimum atomic E-state index is -0.339. The Labute approximate surface area is 91.1 Å². The molecule has 0 bridgehead atoms. The summed E-state index contributed by atoms with van der Waals surface area (Å²) in [4.78, 5) is 0. The van der Waals surface area contributed by atoms with Gasteiger partial charge in [-0.25, -0.2) is 0 Å². The molecule has 1 saturated heterocycles. The van der Waals surface area contributed by atoms with Crippen molar-refractivity contribution in [2.24, 2.45) is 5.41 Å². The largest absolute Gasteiger partial charge is 0.395 e. The van der Waals surface area contributed by atoms with Crippen LogP contribution in [0, 0.1) is 5.41 Å². The topological polar surface area (TPSA) is 38.7 Å². The van der Waals surface area contributed by atoms with E-state index in [0.29, 0.717) is 13.2 Å². The molecule has 3 nitrogen and oxygen atoms in total. The van der Waals surface area contributed by atoms with Crippen LogP contribution >= 0.6 is 0 Å². The van der Waals surface area contributed by atoms with Crippen LogP contribution in [0.25, 0.3) is 0 Å². The zero-order chi connectivity index (χ0) is 10.9. The van der Waals surface area contributed by atoms with Gasteiger partial charge in [0.1, 0.15) is 0 Å². The summed E-state index contributed by atoms with van der Waals surface area (Å²) in [7, 11) is 0. The van der Waals surface area contributed by atoms with Crippen LogP contribution in [0.15, 0.2) is 12.2 Å². The van der Waals surface area contributed by atoms with Crippen LogP contribution in [-0.4, -0.2) is 30.7 Å². The molecule has 1 aliphatic heterocycles. The second-order valence-corrected chi connectivity index (χ2v) is 4.83. The standard InChI is InChI=1S/C12H20O3/c1-10(2)11(9-13)3-5-12(6-4-11)14-7-8-15-12/h13H,1,3-9H2,2H3. The molecule has 1 N–H and O–H groups in total. The first-order valence-corrected chi connectivity index (χ1v) is 5.67. The fraction of sp³-hybridized carbons (Fsp3) is 0.833. The predicted octanol–water partition coefficient (Wildman–Crippen LogP) is 1.86. The van der Waals surface area contributed by atoms with Gasteiger partial charge >= 0.3 is 0 Å². The van der Waals surface area contributed by atoms with Crippen molar-refractivity contribution in [3.63, 3.8) is 0 Å². The summed E-state index contributed by atoms with van der Waals surface area (Å²) in [6.45, 7) is 7.61. The molecular weight excluding hydrogens is 192 g/mol. The molecule has 0 aromatic rings. The Kier molecular flexibility index (Phi) is 2.88. The number of aliphatic hydroxyl groups excluding tert-OH is 1. The van der Waals surface area contributed by atoms with Gasteiger partial charge in [0.2, 0.25) is 0 Å². The van der Waals surface area contributed by atoms with Gasteiger partial charge in [-0.15, -0.1) is 0 Å². The van der Waals surface area contributed by atoms with Crippen LogP contribution in [0.2, 0.25) is 0 Å². The fourth-order valence-corrected chi connectivity index (χ4v) is 2.61. The Balaban J connectivity index is 2.04. The third-order valence-corrected chi connectivity index (χ3v) is 3.99. The zero-order valence-corrected chi connectivity index (χ0v) is 9.42. The molecule has 86 valence electrons. The molecule has 0 aromatic carbocycles. The number of ether oxygens (including phenoxy) is 2. The smallest absolute Gasteiger partial charge is 0.168 e. The first-order valence-electron chi connectivity index (χ1n) is 5.67. The van der Waals surface area contributed by atoms with Gasteiger partial charge in [0.25, 0.3) is 0 Å². The Hall–Kier alpha value is -0.380. The second kappa shape index (κ2) is 3.89. The number of rotatable bonds is 2. The first-order chi connectivity index (χ1) is 7.13. The average Bonchev–Trinajstić information content (AvgIpc) is 2.68. The number of hydrogen-bond donors (Lipinski definition) is 1. The van der Waals surface area contributed by atoms with Crippen LogP contribution < -0.4 is 0 Å². The maximum absolute atomic E-state index is 9.50. The van der Waals surface area contributed by atoms with Crippen molar-refractivity contribution < 1.29 is 14.6 Å². The minimum Gasteiger partial charge on any atom is -0.395 e. The lowest BCUT2D eigenvalue weighted by atomic mass is 9.69. The van der Waals surface area contributed by atoms with Crippen LogP contribution in [-0.2, 0) is 9.47 Å². The summed E-state index contributed by atoms with van der Waals surface area (Å²) in [5.41, 5.74) is 0.985. The molecular formula is C12H20O3. The molecule has 1 saturated carbocycles. The van der Waals surface area contributed by atoms with Crippen LogP contribution in [0.4, 0.5) is 0 Å². The van der Waals surface area contributed by atoms with Crippen molar-refractivity contribution >= 4 is 0 Å². The molecule has 0 unspecified atom stereocenters. The first kappa shape index (κ1) is 11.1. The molecule has 2 rings (SSSR count). The molecule has 1 spiro atoms. The molecule has 0 atom stereocenters. The van der Waals surface area contributed by atoms with E-state index in [1.54, 1.807) is 0 Å². The van der Waals surface area contributed by atoms with Gasteiger partial charge in [-0.05, 0) is 19.8 Å². The third-order valence-electron chi connectivity index (χ3n) is 3.99. The van der Waals surface area contributed by atoms with Crippen molar-refractivity contribution in [1.82, 2.24) is 0 Å². The van der Waals surface area contributed by atoms with Gasteiger partial charge in [0.15, 0.2) is 5.79 Å². The number of aliphatic hydroxyl groups is 1. The van der Waals surface area contributed by atoms with Crippen molar-refractivity contribution in [3.8, 4) is 0 Å². The fourth-order valence-electron chi connectivity index (χ4n) is 2.61. The number of hydrogen-bond acceptors (Lipinski definition) is 3. The average molecular weight is 212 g/mol. The van der Waals surface area contributed by atoms with Gasteiger partial charge in [-0.2, -0.15) is 0 Å². The van der Waals surface area contributed by atoms with Crippen LogP contribution in [0.1, 0.15) is 32.6 Å². The van der Waals surface area contributed by atoms with E-state index in [9.17, 15) is 5.11 Å². The van der Waals surface area contributed by atoms with E-state index < -0.39 is 0 Å². The van der Waals surface area contributed by atoms with E-state index in [1.807, 2.05) is 6.92 Å². The summed E-state index contributed by atoms with van der Waals surface area (Å²) < 4.78 is 11.3. The predicted molar refractivity (Wildman–Crippen MR) is 57.4 cm³/mol. The highest BCUT2D eigenvalue weighted by Gasteiger charge is 2.46. The molecule has 0 aromatic heterocycles. The van der Waals surface area contributed by atoms with Gasteiger partial charge in [0, 0.05) is 18.3 Å². The molecule has 3 heteroatoms. The Morgan fingerprint density at radius 2 is 1.73 bits per heavy atom. The van der Waals surface area contributed by atoms with Gasteiger partial charge in [-0.1, -0.05) is 12.2 Å². The summed E-state index contributed by atoms with van der Waals surface area (Å²) >= 11 is 0. The molecule has 2 aliphatic rings. The summed E-state index contributed by atoms with van der Waals surface area (Å²) in [6, 6.07) is 0.